The number of aromatic nitrogens is 1. The summed E-state index contributed by atoms with van der Waals surface area (Å²) in [7, 11) is 0. The van der Waals surface area contributed by atoms with E-state index in [-0.39, 0.29) is 23.9 Å². The summed E-state index contributed by atoms with van der Waals surface area (Å²) >= 11 is 0. The van der Waals surface area contributed by atoms with E-state index in [4.69, 9.17) is 5.73 Å². The highest BCUT2D eigenvalue weighted by atomic mass is 16.2. The molecule has 1 amide bonds. The van der Waals surface area contributed by atoms with E-state index in [1.54, 1.807) is 6.20 Å². The first-order chi connectivity index (χ1) is 15.0. The first kappa shape index (κ1) is 21.2. The summed E-state index contributed by atoms with van der Waals surface area (Å²) in [6.07, 6.45) is 4.53. The van der Waals surface area contributed by atoms with Crippen molar-refractivity contribution in [1.29, 1.82) is 0 Å². The zero-order chi connectivity index (χ0) is 21.8. The number of nitrogens with zero attached hydrogens (tertiary/aromatic N) is 2. The molecule has 2 heterocycles. The maximum absolute atomic E-state index is 13.2. The zero-order valence-electron chi connectivity index (χ0n) is 18.2. The number of hydrogen-bond acceptors (Lipinski definition) is 4. The molecular weight excluding hydrogens is 384 g/mol. The number of fused-ring (bicyclic) bond motifs is 1. The SMILES string of the molecule is C[C@@H](N)CNCC(=O)N1CC(C)(c2cccnc2)c2ccc(Cc3ccccc3)cc21. The number of nitrogens with one attached hydrogen (secondary N) is 1. The van der Waals surface area contributed by atoms with Crippen LogP contribution in [0.15, 0.2) is 73.1 Å². The van der Waals surface area contributed by atoms with E-state index in [9.17, 15) is 4.79 Å². The normalized spacial score (nSPS) is 18.6. The Kier molecular flexibility index (Phi) is 6.16. The van der Waals surface area contributed by atoms with Crippen molar-refractivity contribution in [3.63, 3.8) is 0 Å². The highest BCUT2D eigenvalue weighted by Crippen LogP contribution is 2.45. The molecular formula is C26H30N4O. The van der Waals surface area contributed by atoms with Gasteiger partial charge in [0.1, 0.15) is 0 Å². The fourth-order valence-corrected chi connectivity index (χ4v) is 4.36. The molecule has 0 aliphatic carbocycles. The van der Waals surface area contributed by atoms with E-state index in [0.29, 0.717) is 13.1 Å². The van der Waals surface area contributed by atoms with Gasteiger partial charge >= 0.3 is 0 Å². The third-order valence-corrected chi connectivity index (χ3v) is 6.02. The minimum atomic E-state index is -0.300. The molecule has 0 bridgehead atoms. The van der Waals surface area contributed by atoms with E-state index in [1.165, 1.54) is 11.1 Å². The van der Waals surface area contributed by atoms with Crippen molar-refractivity contribution in [3.8, 4) is 0 Å². The molecule has 0 radical (unpaired) electrons. The van der Waals surface area contributed by atoms with Crippen molar-refractivity contribution >= 4 is 11.6 Å². The molecule has 0 fully saturated rings. The highest BCUT2D eigenvalue weighted by Gasteiger charge is 2.42. The van der Waals surface area contributed by atoms with Gasteiger partial charge in [-0.1, -0.05) is 48.5 Å². The molecule has 0 saturated carbocycles. The summed E-state index contributed by atoms with van der Waals surface area (Å²) in [5, 5.41) is 3.19. The van der Waals surface area contributed by atoms with Gasteiger partial charge in [0.15, 0.2) is 0 Å². The van der Waals surface area contributed by atoms with Gasteiger partial charge in [-0.3, -0.25) is 9.78 Å². The van der Waals surface area contributed by atoms with Gasteiger partial charge in [0.05, 0.1) is 6.54 Å². The van der Waals surface area contributed by atoms with Crippen LogP contribution in [0.5, 0.6) is 0 Å². The lowest BCUT2D eigenvalue weighted by Crippen LogP contribution is -2.43. The molecule has 3 N–H and O–H groups in total. The van der Waals surface area contributed by atoms with Crippen molar-refractivity contribution in [1.82, 2.24) is 10.3 Å². The van der Waals surface area contributed by atoms with Crippen molar-refractivity contribution < 1.29 is 4.79 Å². The average Bonchev–Trinajstić information content (AvgIpc) is 3.08. The van der Waals surface area contributed by atoms with Gasteiger partial charge in [-0.15, -0.1) is 0 Å². The third kappa shape index (κ3) is 4.53. The molecule has 1 aliphatic rings. The first-order valence-electron chi connectivity index (χ1n) is 10.8. The number of carbonyl (C=O) groups is 1. The number of carbonyl (C=O) groups excluding carboxylic acids is 1. The summed E-state index contributed by atoms with van der Waals surface area (Å²) in [6.45, 7) is 5.61. The van der Waals surface area contributed by atoms with Gasteiger partial charge < -0.3 is 16.0 Å². The molecule has 1 aliphatic heterocycles. The molecule has 1 aromatic heterocycles. The predicted molar refractivity (Wildman–Crippen MR) is 125 cm³/mol. The first-order valence-corrected chi connectivity index (χ1v) is 10.8. The van der Waals surface area contributed by atoms with Crippen LogP contribution in [0.4, 0.5) is 5.69 Å². The maximum Gasteiger partial charge on any atom is 0.240 e. The largest absolute Gasteiger partial charge is 0.327 e. The van der Waals surface area contributed by atoms with Crippen LogP contribution in [0.1, 0.15) is 36.1 Å². The fraction of sp³-hybridized carbons (Fsp3) is 0.308. The lowest BCUT2D eigenvalue weighted by atomic mass is 9.78. The molecule has 3 aromatic rings. The molecule has 5 nitrogen and oxygen atoms in total. The number of anilines is 1. The molecule has 0 spiro atoms. The van der Waals surface area contributed by atoms with Gasteiger partial charge in [0.25, 0.3) is 0 Å². The number of hydrogen-bond donors (Lipinski definition) is 2. The summed E-state index contributed by atoms with van der Waals surface area (Å²) in [5.74, 6) is 0.0615. The second kappa shape index (κ2) is 9.00. The van der Waals surface area contributed by atoms with Gasteiger partial charge in [-0.25, -0.2) is 0 Å². The molecule has 4 rings (SSSR count). The van der Waals surface area contributed by atoms with Crippen LogP contribution in [-0.2, 0) is 16.6 Å². The molecule has 160 valence electrons. The Morgan fingerprint density at radius 1 is 1.16 bits per heavy atom. The Bertz CT molecular complexity index is 1040. The third-order valence-electron chi connectivity index (χ3n) is 6.02. The topological polar surface area (TPSA) is 71.2 Å². The zero-order valence-corrected chi connectivity index (χ0v) is 18.2. The lowest BCUT2D eigenvalue weighted by Gasteiger charge is -2.26. The van der Waals surface area contributed by atoms with Gasteiger partial charge in [-0.2, -0.15) is 0 Å². The highest BCUT2D eigenvalue weighted by molar-refractivity contribution is 5.98. The van der Waals surface area contributed by atoms with Crippen molar-refractivity contribution in [2.75, 3.05) is 24.5 Å². The molecule has 2 aromatic carbocycles. The van der Waals surface area contributed by atoms with E-state index >= 15 is 0 Å². The summed E-state index contributed by atoms with van der Waals surface area (Å²) in [6, 6.07) is 21.0. The van der Waals surface area contributed by atoms with Crippen LogP contribution >= 0.6 is 0 Å². The Hall–Kier alpha value is -3.02. The van der Waals surface area contributed by atoms with Crippen molar-refractivity contribution in [3.05, 3.63) is 95.3 Å². The van der Waals surface area contributed by atoms with Crippen LogP contribution in [0.2, 0.25) is 0 Å². The summed E-state index contributed by atoms with van der Waals surface area (Å²) < 4.78 is 0. The fourth-order valence-electron chi connectivity index (χ4n) is 4.36. The van der Waals surface area contributed by atoms with E-state index in [0.717, 1.165) is 23.2 Å². The standard InChI is InChI=1S/C26H30N4O/c1-19(27)15-29-17-25(31)30-18-26(2,22-9-6-12-28-16-22)23-11-10-21(14-24(23)30)13-20-7-4-3-5-8-20/h3-12,14,16,19,29H,13,15,17-18,27H2,1-2H3/t19-,26?/m1/s1. The minimum Gasteiger partial charge on any atom is -0.327 e. The number of rotatable bonds is 7. The van der Waals surface area contributed by atoms with E-state index in [2.05, 4.69) is 65.8 Å². The van der Waals surface area contributed by atoms with Gasteiger partial charge in [-0.05, 0) is 54.7 Å². The Morgan fingerprint density at radius 3 is 2.68 bits per heavy atom. The molecule has 31 heavy (non-hydrogen) atoms. The quantitative estimate of drug-likeness (QED) is 0.623. The molecule has 1 unspecified atom stereocenters. The second-order valence-electron chi connectivity index (χ2n) is 8.68. The predicted octanol–water partition coefficient (Wildman–Crippen LogP) is 3.26. The Morgan fingerprint density at radius 2 is 1.97 bits per heavy atom. The van der Waals surface area contributed by atoms with Gasteiger partial charge in [0, 0.05) is 42.6 Å². The molecule has 2 atom stereocenters. The lowest BCUT2D eigenvalue weighted by molar-refractivity contribution is -0.117. The second-order valence-corrected chi connectivity index (χ2v) is 8.68. The molecule has 0 saturated heterocycles. The minimum absolute atomic E-state index is 0.0109. The van der Waals surface area contributed by atoms with Crippen molar-refractivity contribution in [2.45, 2.75) is 31.7 Å². The Balaban J connectivity index is 1.68. The number of amides is 1. The number of nitrogens with two attached hydrogens (primary N) is 1. The van der Waals surface area contributed by atoms with Crippen LogP contribution in [0.25, 0.3) is 0 Å². The summed E-state index contributed by atoms with van der Waals surface area (Å²) in [4.78, 5) is 19.4. The monoisotopic (exact) mass is 414 g/mol. The van der Waals surface area contributed by atoms with E-state index < -0.39 is 0 Å². The van der Waals surface area contributed by atoms with Gasteiger partial charge in [0.2, 0.25) is 5.91 Å². The van der Waals surface area contributed by atoms with E-state index in [1.807, 2.05) is 30.2 Å². The Labute approximate surface area is 184 Å². The van der Waals surface area contributed by atoms with Crippen molar-refractivity contribution in [2.24, 2.45) is 5.73 Å². The van der Waals surface area contributed by atoms with Crippen LogP contribution in [-0.4, -0.2) is 36.6 Å². The number of pyridine rings is 1. The molecule has 5 heteroatoms. The smallest absolute Gasteiger partial charge is 0.240 e. The average molecular weight is 415 g/mol. The van der Waals surface area contributed by atoms with Crippen LogP contribution in [0, 0.1) is 0 Å². The summed E-state index contributed by atoms with van der Waals surface area (Å²) in [5.41, 5.74) is 11.3. The van der Waals surface area contributed by atoms with Crippen LogP contribution in [0.3, 0.4) is 0 Å². The maximum atomic E-state index is 13.2. The number of benzene rings is 2. The van der Waals surface area contributed by atoms with Crippen LogP contribution < -0.4 is 16.0 Å².